The molecule has 0 saturated carbocycles. The molecule has 5 rings (SSSR count). The number of aromatic nitrogens is 2. The molecule has 1 heterocycles. The zero-order valence-electron chi connectivity index (χ0n) is 23.0. The number of para-hydroxylation sites is 2. The predicted molar refractivity (Wildman–Crippen MR) is 163 cm³/mol. The van der Waals surface area contributed by atoms with E-state index in [1.165, 1.54) is 5.56 Å². The van der Waals surface area contributed by atoms with E-state index in [-0.39, 0.29) is 5.91 Å². The Morgan fingerprint density at radius 1 is 0.900 bits per heavy atom. The van der Waals surface area contributed by atoms with Gasteiger partial charge >= 0.3 is 0 Å². The summed E-state index contributed by atoms with van der Waals surface area (Å²) in [6.45, 7) is 5.79. The van der Waals surface area contributed by atoms with E-state index in [2.05, 4.69) is 40.2 Å². The lowest BCUT2D eigenvalue weighted by Crippen LogP contribution is -2.26. The van der Waals surface area contributed by atoms with Gasteiger partial charge in [-0.1, -0.05) is 78.3 Å². The van der Waals surface area contributed by atoms with Gasteiger partial charge in [0.2, 0.25) is 5.91 Å². The number of aryl methyl sites for hydroxylation is 3. The number of ether oxygens (including phenoxy) is 1. The molecule has 6 heteroatoms. The molecule has 204 valence electrons. The Bertz CT molecular complexity index is 1570. The highest BCUT2D eigenvalue weighted by atomic mass is 35.5. The molecule has 0 aliphatic heterocycles. The number of nitrogens with zero attached hydrogens (tertiary/aromatic N) is 2. The number of hydrogen-bond donors (Lipinski definition) is 1. The Kier molecular flexibility index (Phi) is 8.82. The van der Waals surface area contributed by atoms with E-state index >= 15 is 0 Å². The van der Waals surface area contributed by atoms with Crippen molar-refractivity contribution in [2.75, 3.05) is 13.2 Å². The Labute approximate surface area is 240 Å². The maximum atomic E-state index is 12.6. The van der Waals surface area contributed by atoms with Gasteiger partial charge in [0.1, 0.15) is 18.2 Å². The number of amides is 1. The monoisotopic (exact) mass is 551 g/mol. The first kappa shape index (κ1) is 27.5. The van der Waals surface area contributed by atoms with E-state index in [1.54, 1.807) is 0 Å². The molecule has 0 bridgehead atoms. The molecule has 1 amide bonds. The molecule has 40 heavy (non-hydrogen) atoms. The lowest BCUT2D eigenvalue weighted by atomic mass is 10.0. The van der Waals surface area contributed by atoms with Crippen LogP contribution in [-0.2, 0) is 24.2 Å². The molecule has 5 nitrogen and oxygen atoms in total. The number of halogens is 1. The number of benzene rings is 4. The normalized spacial score (nSPS) is 11.1. The van der Waals surface area contributed by atoms with Gasteiger partial charge in [0.15, 0.2) is 0 Å². The third-order valence-electron chi connectivity index (χ3n) is 7.05. The zero-order valence-corrected chi connectivity index (χ0v) is 23.7. The largest absolute Gasteiger partial charge is 0.492 e. The highest BCUT2D eigenvalue weighted by molar-refractivity contribution is 6.32. The Morgan fingerprint density at radius 2 is 1.57 bits per heavy atom. The van der Waals surface area contributed by atoms with Crippen molar-refractivity contribution in [3.05, 3.63) is 119 Å². The van der Waals surface area contributed by atoms with Gasteiger partial charge in [0.05, 0.1) is 24.0 Å². The molecule has 1 N–H and O–H groups in total. The van der Waals surface area contributed by atoms with E-state index in [4.69, 9.17) is 21.3 Å². The standard InChI is InChI=1S/C34H34ClN3O2/c1-24-21-29(22-25(2)34(24)35)40-20-19-38-31-12-7-6-11-30(31)37-32(38)13-8-18-36-33(39)23-26-14-16-28(17-15-26)27-9-4-3-5-10-27/h3-7,9-12,14-17,21-22H,8,13,18-20,23H2,1-2H3,(H,36,39). The van der Waals surface area contributed by atoms with Crippen LogP contribution in [0.25, 0.3) is 22.2 Å². The summed E-state index contributed by atoms with van der Waals surface area (Å²) in [6, 6.07) is 30.6. The van der Waals surface area contributed by atoms with Crippen molar-refractivity contribution in [2.45, 2.75) is 39.7 Å². The van der Waals surface area contributed by atoms with Gasteiger partial charge in [0, 0.05) is 18.0 Å². The summed E-state index contributed by atoms with van der Waals surface area (Å²) in [5, 5.41) is 3.85. The summed E-state index contributed by atoms with van der Waals surface area (Å²) in [4.78, 5) is 17.4. The molecular formula is C34H34ClN3O2. The highest BCUT2D eigenvalue weighted by Gasteiger charge is 2.12. The van der Waals surface area contributed by atoms with Gasteiger partial charge in [-0.2, -0.15) is 0 Å². The first-order valence-corrected chi connectivity index (χ1v) is 14.1. The van der Waals surface area contributed by atoms with Gasteiger partial charge in [0.25, 0.3) is 0 Å². The second-order valence-electron chi connectivity index (χ2n) is 10.1. The van der Waals surface area contributed by atoms with Crippen LogP contribution in [0.15, 0.2) is 91.0 Å². The molecule has 1 aromatic heterocycles. The summed E-state index contributed by atoms with van der Waals surface area (Å²) in [7, 11) is 0. The van der Waals surface area contributed by atoms with E-state index in [0.29, 0.717) is 26.1 Å². The fraction of sp³-hybridized carbons (Fsp3) is 0.235. The van der Waals surface area contributed by atoms with Crippen molar-refractivity contribution in [3.8, 4) is 16.9 Å². The molecule has 0 fully saturated rings. The molecule has 0 aliphatic carbocycles. The van der Waals surface area contributed by atoms with Gasteiger partial charge in [-0.3, -0.25) is 4.79 Å². The number of nitrogens with one attached hydrogen (secondary N) is 1. The van der Waals surface area contributed by atoms with Gasteiger partial charge in [-0.25, -0.2) is 4.98 Å². The van der Waals surface area contributed by atoms with Crippen LogP contribution < -0.4 is 10.1 Å². The van der Waals surface area contributed by atoms with Crippen LogP contribution in [0.2, 0.25) is 5.02 Å². The van der Waals surface area contributed by atoms with E-state index < -0.39 is 0 Å². The Balaban J connectivity index is 1.14. The number of carbonyl (C=O) groups is 1. The molecule has 4 aromatic carbocycles. The van der Waals surface area contributed by atoms with Crippen molar-refractivity contribution in [1.82, 2.24) is 14.9 Å². The summed E-state index contributed by atoms with van der Waals surface area (Å²) in [6.07, 6.45) is 1.94. The lowest BCUT2D eigenvalue weighted by molar-refractivity contribution is -0.120. The molecule has 5 aromatic rings. The first-order valence-electron chi connectivity index (χ1n) is 13.7. The van der Waals surface area contributed by atoms with Gasteiger partial charge in [-0.05, 0) is 72.4 Å². The molecular weight excluding hydrogens is 518 g/mol. The first-order chi connectivity index (χ1) is 19.5. The number of fused-ring (bicyclic) bond motifs is 1. The second kappa shape index (κ2) is 12.8. The lowest BCUT2D eigenvalue weighted by Gasteiger charge is -2.13. The average molecular weight is 552 g/mol. The van der Waals surface area contributed by atoms with Gasteiger partial charge in [-0.15, -0.1) is 0 Å². The maximum absolute atomic E-state index is 12.6. The average Bonchev–Trinajstić information content (AvgIpc) is 3.32. The summed E-state index contributed by atoms with van der Waals surface area (Å²) >= 11 is 6.30. The van der Waals surface area contributed by atoms with Crippen molar-refractivity contribution >= 4 is 28.5 Å². The summed E-state index contributed by atoms with van der Waals surface area (Å²) in [5.74, 6) is 1.85. The summed E-state index contributed by atoms with van der Waals surface area (Å²) < 4.78 is 8.31. The van der Waals surface area contributed by atoms with Crippen molar-refractivity contribution in [1.29, 1.82) is 0 Å². The third kappa shape index (κ3) is 6.72. The van der Waals surface area contributed by atoms with Crippen LogP contribution in [-0.4, -0.2) is 28.6 Å². The number of carbonyl (C=O) groups excluding carboxylic acids is 1. The number of rotatable bonds is 11. The van der Waals surface area contributed by atoms with Crippen molar-refractivity contribution < 1.29 is 9.53 Å². The molecule has 0 saturated heterocycles. The van der Waals surface area contributed by atoms with E-state index in [0.717, 1.165) is 62.7 Å². The van der Waals surface area contributed by atoms with E-state index in [1.807, 2.05) is 74.5 Å². The van der Waals surface area contributed by atoms with Crippen LogP contribution in [0.5, 0.6) is 5.75 Å². The van der Waals surface area contributed by atoms with Crippen LogP contribution in [0.4, 0.5) is 0 Å². The smallest absolute Gasteiger partial charge is 0.224 e. The third-order valence-corrected chi connectivity index (χ3v) is 7.65. The maximum Gasteiger partial charge on any atom is 0.224 e. The van der Waals surface area contributed by atoms with E-state index in [9.17, 15) is 4.79 Å². The predicted octanol–water partition coefficient (Wildman–Crippen LogP) is 7.34. The zero-order chi connectivity index (χ0) is 27.9. The SMILES string of the molecule is Cc1cc(OCCn2c(CCCNC(=O)Cc3ccc(-c4ccccc4)cc3)nc3ccccc32)cc(C)c1Cl. The molecule has 0 unspecified atom stereocenters. The molecule has 0 aliphatic rings. The number of imidazole rings is 1. The van der Waals surface area contributed by atoms with Crippen LogP contribution in [0, 0.1) is 13.8 Å². The quantitative estimate of drug-likeness (QED) is 0.175. The second-order valence-corrected chi connectivity index (χ2v) is 10.5. The van der Waals surface area contributed by atoms with Crippen LogP contribution in [0.3, 0.4) is 0 Å². The minimum Gasteiger partial charge on any atom is -0.492 e. The Hall–Kier alpha value is -4.09. The molecule has 0 atom stereocenters. The molecule has 0 radical (unpaired) electrons. The number of hydrogen-bond acceptors (Lipinski definition) is 3. The summed E-state index contributed by atoms with van der Waals surface area (Å²) in [5.41, 5.74) is 7.41. The molecule has 0 spiro atoms. The van der Waals surface area contributed by atoms with Crippen molar-refractivity contribution in [2.24, 2.45) is 0 Å². The van der Waals surface area contributed by atoms with Gasteiger partial charge < -0.3 is 14.6 Å². The minimum absolute atomic E-state index is 0.0305. The fourth-order valence-electron chi connectivity index (χ4n) is 4.98. The van der Waals surface area contributed by atoms with Crippen molar-refractivity contribution in [3.63, 3.8) is 0 Å². The Morgan fingerprint density at radius 3 is 2.33 bits per heavy atom. The topological polar surface area (TPSA) is 56.1 Å². The van der Waals surface area contributed by atoms with Crippen LogP contribution >= 0.6 is 11.6 Å². The van der Waals surface area contributed by atoms with Crippen LogP contribution in [0.1, 0.15) is 28.9 Å². The minimum atomic E-state index is 0.0305. The highest BCUT2D eigenvalue weighted by Crippen LogP contribution is 2.26. The fourth-order valence-corrected chi connectivity index (χ4v) is 5.09.